The molecule has 0 aliphatic rings. The second kappa shape index (κ2) is 6.03. The third-order valence-corrected chi connectivity index (χ3v) is 2.83. The summed E-state index contributed by atoms with van der Waals surface area (Å²) in [6.45, 7) is 0.725. The van der Waals surface area contributed by atoms with Crippen molar-refractivity contribution in [1.29, 1.82) is 5.26 Å². The molecular formula is C12H12ClN5. The Hall–Kier alpha value is -2.06. The first-order valence-electron chi connectivity index (χ1n) is 5.58. The van der Waals surface area contributed by atoms with Crippen LogP contribution in [0.1, 0.15) is 17.8 Å². The molecule has 0 saturated heterocycles. The summed E-state index contributed by atoms with van der Waals surface area (Å²) in [7, 11) is 0. The maximum absolute atomic E-state index is 8.84. The van der Waals surface area contributed by atoms with Crippen molar-refractivity contribution in [2.45, 2.75) is 12.8 Å². The highest BCUT2D eigenvalue weighted by atomic mass is 35.5. The molecule has 2 N–H and O–H groups in total. The summed E-state index contributed by atoms with van der Waals surface area (Å²) in [6, 6.07) is 3.62. The average molecular weight is 262 g/mol. The van der Waals surface area contributed by atoms with Gasteiger partial charge in [0.1, 0.15) is 22.7 Å². The molecular weight excluding hydrogens is 250 g/mol. The molecule has 2 aromatic rings. The fourth-order valence-electron chi connectivity index (χ4n) is 1.55. The zero-order valence-corrected chi connectivity index (χ0v) is 10.4. The molecule has 0 saturated carbocycles. The topological polar surface area (TPSA) is 77.4 Å². The molecule has 0 atom stereocenters. The highest BCUT2D eigenvalue weighted by Crippen LogP contribution is 2.22. The maximum atomic E-state index is 8.84. The van der Waals surface area contributed by atoms with Crippen LogP contribution in [0, 0.1) is 11.3 Å². The minimum atomic E-state index is 0.373. The molecule has 0 spiro atoms. The Morgan fingerprint density at radius 1 is 1.39 bits per heavy atom. The van der Waals surface area contributed by atoms with Gasteiger partial charge in [-0.2, -0.15) is 5.26 Å². The number of nitrogens with one attached hydrogen (secondary N) is 2. The molecule has 5 nitrogen and oxygen atoms in total. The van der Waals surface area contributed by atoms with Crippen molar-refractivity contribution < 1.29 is 0 Å². The summed E-state index contributed by atoms with van der Waals surface area (Å²) in [6.07, 6.45) is 6.87. The molecule has 0 bridgehead atoms. The van der Waals surface area contributed by atoms with Gasteiger partial charge in [-0.05, 0) is 12.5 Å². The second-order valence-corrected chi connectivity index (χ2v) is 4.08. The molecule has 0 amide bonds. The zero-order chi connectivity index (χ0) is 12.8. The number of pyridine rings is 1. The maximum Gasteiger partial charge on any atom is 0.146 e. The predicted molar refractivity (Wildman–Crippen MR) is 69.4 cm³/mol. The number of H-pyrrole nitrogens is 1. The third kappa shape index (κ3) is 2.99. The summed E-state index contributed by atoms with van der Waals surface area (Å²) in [5.41, 5.74) is 0.431. The molecule has 6 heteroatoms. The van der Waals surface area contributed by atoms with Crippen molar-refractivity contribution in [1.82, 2.24) is 15.0 Å². The number of aromatic amines is 1. The van der Waals surface area contributed by atoms with E-state index in [-0.39, 0.29) is 0 Å². The van der Waals surface area contributed by atoms with Crippen molar-refractivity contribution in [2.75, 3.05) is 11.9 Å². The number of hydrogen-bond acceptors (Lipinski definition) is 4. The van der Waals surface area contributed by atoms with Crippen LogP contribution in [-0.2, 0) is 6.42 Å². The van der Waals surface area contributed by atoms with Crippen LogP contribution < -0.4 is 5.32 Å². The number of anilines is 1. The number of aryl methyl sites for hydroxylation is 1. The van der Waals surface area contributed by atoms with Crippen LogP contribution in [0.4, 0.5) is 5.82 Å². The predicted octanol–water partition coefficient (Wildman–Crippen LogP) is 2.37. The van der Waals surface area contributed by atoms with Gasteiger partial charge in [0.2, 0.25) is 0 Å². The lowest BCUT2D eigenvalue weighted by Crippen LogP contribution is -2.06. The molecule has 2 rings (SSSR count). The molecule has 0 radical (unpaired) electrons. The van der Waals surface area contributed by atoms with Crippen LogP contribution in [0.3, 0.4) is 0 Å². The minimum absolute atomic E-state index is 0.373. The first-order valence-corrected chi connectivity index (χ1v) is 5.96. The Morgan fingerprint density at radius 3 is 3.00 bits per heavy atom. The lowest BCUT2D eigenvalue weighted by atomic mass is 10.2. The number of rotatable bonds is 5. The summed E-state index contributed by atoms with van der Waals surface area (Å²) >= 11 is 6.02. The summed E-state index contributed by atoms with van der Waals surface area (Å²) in [4.78, 5) is 11.3. The highest BCUT2D eigenvalue weighted by Gasteiger charge is 2.06. The van der Waals surface area contributed by atoms with Crippen LogP contribution in [-0.4, -0.2) is 21.5 Å². The van der Waals surface area contributed by atoms with Crippen LogP contribution in [0.5, 0.6) is 0 Å². The van der Waals surface area contributed by atoms with E-state index in [1.807, 2.05) is 6.07 Å². The lowest BCUT2D eigenvalue weighted by Gasteiger charge is -2.07. The number of hydrogen-bond donors (Lipinski definition) is 2. The zero-order valence-electron chi connectivity index (χ0n) is 9.65. The van der Waals surface area contributed by atoms with Gasteiger partial charge >= 0.3 is 0 Å². The van der Waals surface area contributed by atoms with Crippen LogP contribution in [0.15, 0.2) is 24.7 Å². The summed E-state index contributed by atoms with van der Waals surface area (Å²) in [5, 5.41) is 12.3. The molecule has 92 valence electrons. The fourth-order valence-corrected chi connectivity index (χ4v) is 1.77. The first kappa shape index (κ1) is 12.4. The van der Waals surface area contributed by atoms with E-state index in [2.05, 4.69) is 20.3 Å². The van der Waals surface area contributed by atoms with Gasteiger partial charge in [-0.25, -0.2) is 9.97 Å². The van der Waals surface area contributed by atoms with Crippen molar-refractivity contribution in [3.05, 3.63) is 41.1 Å². The van der Waals surface area contributed by atoms with E-state index >= 15 is 0 Å². The molecule has 2 heterocycles. The van der Waals surface area contributed by atoms with E-state index in [0.29, 0.717) is 16.4 Å². The number of nitrogens with zero attached hydrogens (tertiary/aromatic N) is 3. The van der Waals surface area contributed by atoms with Gasteiger partial charge < -0.3 is 10.3 Å². The normalized spacial score (nSPS) is 10.0. The van der Waals surface area contributed by atoms with E-state index in [9.17, 15) is 0 Å². The third-order valence-electron chi connectivity index (χ3n) is 2.45. The lowest BCUT2D eigenvalue weighted by molar-refractivity contribution is 0.814. The molecule has 0 fully saturated rings. The van der Waals surface area contributed by atoms with E-state index < -0.39 is 0 Å². The standard InChI is InChI=1S/C12H12ClN5/c13-11-9(8-14)3-5-18-12(11)17-4-1-2-10-15-6-7-16-10/h3,5-7H,1-2,4H2,(H,15,16)(H,17,18). The highest BCUT2D eigenvalue weighted by molar-refractivity contribution is 6.34. The van der Waals surface area contributed by atoms with Gasteiger partial charge in [0.25, 0.3) is 0 Å². The van der Waals surface area contributed by atoms with Crippen LogP contribution >= 0.6 is 11.6 Å². The van der Waals surface area contributed by atoms with E-state index in [1.54, 1.807) is 24.7 Å². The first-order chi connectivity index (χ1) is 8.81. The van der Waals surface area contributed by atoms with Crippen molar-refractivity contribution in [3.63, 3.8) is 0 Å². The molecule has 2 aromatic heterocycles. The van der Waals surface area contributed by atoms with Crippen molar-refractivity contribution in [2.24, 2.45) is 0 Å². The average Bonchev–Trinajstić information content (AvgIpc) is 2.89. The molecule has 0 unspecified atom stereocenters. The van der Waals surface area contributed by atoms with Crippen molar-refractivity contribution >= 4 is 17.4 Å². The van der Waals surface area contributed by atoms with Gasteiger partial charge in [-0.1, -0.05) is 11.6 Å². The number of imidazole rings is 1. The summed E-state index contributed by atoms with van der Waals surface area (Å²) < 4.78 is 0. The Bertz CT molecular complexity index is 544. The Kier molecular flexibility index (Phi) is 4.15. The van der Waals surface area contributed by atoms with Gasteiger partial charge in [0, 0.05) is 31.6 Å². The SMILES string of the molecule is N#Cc1ccnc(NCCCc2ncc[nH]2)c1Cl. The van der Waals surface area contributed by atoms with Gasteiger partial charge in [0.05, 0.1) is 5.56 Å². The van der Waals surface area contributed by atoms with Gasteiger partial charge in [-0.3, -0.25) is 0 Å². The molecule has 18 heavy (non-hydrogen) atoms. The Morgan fingerprint density at radius 2 is 2.28 bits per heavy atom. The summed E-state index contributed by atoms with van der Waals surface area (Å²) in [5.74, 6) is 1.51. The van der Waals surface area contributed by atoms with E-state index in [0.717, 1.165) is 25.2 Å². The number of aromatic nitrogens is 3. The smallest absolute Gasteiger partial charge is 0.146 e. The molecule has 0 aliphatic carbocycles. The van der Waals surface area contributed by atoms with Gasteiger partial charge in [0.15, 0.2) is 0 Å². The van der Waals surface area contributed by atoms with Crippen LogP contribution in [0.2, 0.25) is 5.02 Å². The number of nitriles is 1. The minimum Gasteiger partial charge on any atom is -0.369 e. The number of halogens is 1. The largest absolute Gasteiger partial charge is 0.369 e. The monoisotopic (exact) mass is 261 g/mol. The fraction of sp³-hybridized carbons (Fsp3) is 0.250. The molecule has 0 aromatic carbocycles. The van der Waals surface area contributed by atoms with Crippen molar-refractivity contribution in [3.8, 4) is 6.07 Å². The quantitative estimate of drug-likeness (QED) is 0.810. The second-order valence-electron chi connectivity index (χ2n) is 3.70. The Labute approximate surface area is 110 Å². The van der Waals surface area contributed by atoms with E-state index in [1.165, 1.54) is 0 Å². The van der Waals surface area contributed by atoms with Gasteiger partial charge in [-0.15, -0.1) is 0 Å². The van der Waals surface area contributed by atoms with E-state index in [4.69, 9.17) is 16.9 Å². The molecule has 0 aliphatic heterocycles. The van der Waals surface area contributed by atoms with Crippen LogP contribution in [0.25, 0.3) is 0 Å². The Balaban J connectivity index is 1.85.